The lowest BCUT2D eigenvalue weighted by molar-refractivity contribution is 0.153. The lowest BCUT2D eigenvalue weighted by Crippen LogP contribution is -2.37. The Balaban J connectivity index is 1.44. The highest BCUT2D eigenvalue weighted by Gasteiger charge is 2.25. The first-order chi connectivity index (χ1) is 15.3. The number of aromatic nitrogens is 2. The largest absolute Gasteiger partial charge is 0.497 e. The molecule has 31 heavy (non-hydrogen) atoms. The van der Waals surface area contributed by atoms with E-state index in [1.54, 1.807) is 31.0 Å². The maximum atomic E-state index is 5.80. The molecular formula is C24H26N4O2S. The summed E-state index contributed by atoms with van der Waals surface area (Å²) >= 11 is 1.64. The summed E-state index contributed by atoms with van der Waals surface area (Å²) in [6, 6.07) is 12.4. The maximum Gasteiger partial charge on any atom is 0.138 e. The van der Waals surface area contributed by atoms with Gasteiger partial charge < -0.3 is 14.5 Å². The van der Waals surface area contributed by atoms with E-state index in [2.05, 4.69) is 43.8 Å². The third kappa shape index (κ3) is 4.16. The molecule has 1 atom stereocenters. The van der Waals surface area contributed by atoms with Gasteiger partial charge in [-0.25, -0.2) is 9.97 Å². The molecule has 1 aromatic carbocycles. The van der Waals surface area contributed by atoms with Crippen molar-refractivity contribution in [2.45, 2.75) is 25.3 Å². The zero-order valence-electron chi connectivity index (χ0n) is 17.6. The van der Waals surface area contributed by atoms with E-state index in [1.807, 2.05) is 18.2 Å². The molecule has 0 bridgehead atoms. The number of nitrogens with zero attached hydrogens (tertiary/aromatic N) is 3. The van der Waals surface area contributed by atoms with E-state index in [0.717, 1.165) is 58.3 Å². The summed E-state index contributed by atoms with van der Waals surface area (Å²) in [4.78, 5) is 12.6. The minimum atomic E-state index is 0.184. The van der Waals surface area contributed by atoms with Gasteiger partial charge in [-0.05, 0) is 55.8 Å². The van der Waals surface area contributed by atoms with Gasteiger partial charge in [0, 0.05) is 17.5 Å². The molecule has 1 aliphatic heterocycles. The van der Waals surface area contributed by atoms with Crippen molar-refractivity contribution >= 4 is 27.4 Å². The number of piperidine rings is 1. The molecule has 0 aliphatic carbocycles. The molecule has 4 aromatic rings. The highest BCUT2D eigenvalue weighted by molar-refractivity contribution is 7.17. The van der Waals surface area contributed by atoms with Gasteiger partial charge >= 0.3 is 0 Å². The quantitative estimate of drug-likeness (QED) is 0.409. The predicted octanol–water partition coefficient (Wildman–Crippen LogP) is 5.60. The van der Waals surface area contributed by atoms with Crippen molar-refractivity contribution in [1.29, 1.82) is 0 Å². The van der Waals surface area contributed by atoms with Crippen LogP contribution in [0.15, 0.2) is 58.8 Å². The van der Waals surface area contributed by atoms with Crippen molar-refractivity contribution in [3.8, 4) is 16.9 Å². The third-order valence-electron chi connectivity index (χ3n) is 5.94. The Morgan fingerprint density at radius 1 is 1.13 bits per heavy atom. The molecule has 6 nitrogen and oxygen atoms in total. The van der Waals surface area contributed by atoms with Gasteiger partial charge in [-0.3, -0.25) is 4.90 Å². The van der Waals surface area contributed by atoms with Gasteiger partial charge in [0.15, 0.2) is 0 Å². The summed E-state index contributed by atoms with van der Waals surface area (Å²) in [7, 11) is 1.68. The Kier molecular flexibility index (Phi) is 5.86. The molecule has 0 unspecified atom stereocenters. The zero-order chi connectivity index (χ0) is 21.0. The lowest BCUT2D eigenvalue weighted by atomic mass is 10.1. The van der Waals surface area contributed by atoms with Crippen molar-refractivity contribution in [3.63, 3.8) is 0 Å². The summed E-state index contributed by atoms with van der Waals surface area (Å²) in [5.74, 6) is 2.71. The van der Waals surface area contributed by atoms with Gasteiger partial charge in [-0.15, -0.1) is 11.3 Å². The minimum Gasteiger partial charge on any atom is -0.497 e. The third-order valence-corrected chi connectivity index (χ3v) is 6.82. The van der Waals surface area contributed by atoms with Crippen LogP contribution in [0.5, 0.6) is 5.75 Å². The van der Waals surface area contributed by atoms with Crippen LogP contribution in [-0.2, 0) is 0 Å². The molecule has 0 radical (unpaired) electrons. The molecule has 0 spiro atoms. The van der Waals surface area contributed by atoms with Crippen LogP contribution in [0, 0.1) is 0 Å². The average molecular weight is 435 g/mol. The van der Waals surface area contributed by atoms with Crippen LogP contribution in [0.4, 0.5) is 5.82 Å². The van der Waals surface area contributed by atoms with Crippen LogP contribution < -0.4 is 10.1 Å². The second-order valence-electron chi connectivity index (χ2n) is 7.79. The molecule has 160 valence electrons. The summed E-state index contributed by atoms with van der Waals surface area (Å²) in [5.41, 5.74) is 2.27. The second-order valence-corrected chi connectivity index (χ2v) is 8.65. The van der Waals surface area contributed by atoms with Crippen LogP contribution in [0.25, 0.3) is 21.3 Å². The molecule has 1 fully saturated rings. The van der Waals surface area contributed by atoms with Gasteiger partial charge in [0.05, 0.1) is 24.8 Å². The molecule has 0 saturated carbocycles. The first kappa shape index (κ1) is 20.0. The van der Waals surface area contributed by atoms with E-state index in [1.165, 1.54) is 19.3 Å². The summed E-state index contributed by atoms with van der Waals surface area (Å²) in [6.07, 6.45) is 7.18. The molecule has 1 saturated heterocycles. The fourth-order valence-electron chi connectivity index (χ4n) is 4.31. The van der Waals surface area contributed by atoms with E-state index in [9.17, 15) is 0 Å². The Hall–Kier alpha value is -2.90. The monoisotopic (exact) mass is 434 g/mol. The van der Waals surface area contributed by atoms with Crippen molar-refractivity contribution in [3.05, 3.63) is 60.1 Å². The number of nitrogens with one attached hydrogen (secondary N) is 1. The highest BCUT2D eigenvalue weighted by atomic mass is 32.1. The molecule has 4 heterocycles. The van der Waals surface area contributed by atoms with Crippen LogP contribution in [0.3, 0.4) is 0 Å². The van der Waals surface area contributed by atoms with Gasteiger partial charge in [0.25, 0.3) is 0 Å². The Morgan fingerprint density at radius 3 is 2.71 bits per heavy atom. The molecule has 3 aromatic heterocycles. The molecule has 5 rings (SSSR count). The molecule has 7 heteroatoms. The van der Waals surface area contributed by atoms with Crippen LogP contribution in [0.1, 0.15) is 31.1 Å². The fraction of sp³-hybridized carbons (Fsp3) is 0.333. The second kappa shape index (κ2) is 9.08. The summed E-state index contributed by atoms with van der Waals surface area (Å²) in [6.45, 7) is 2.93. The van der Waals surface area contributed by atoms with Gasteiger partial charge in [0.1, 0.15) is 28.5 Å². The predicted molar refractivity (Wildman–Crippen MR) is 125 cm³/mol. The van der Waals surface area contributed by atoms with Crippen molar-refractivity contribution in [1.82, 2.24) is 14.9 Å². The first-order valence-corrected chi connectivity index (χ1v) is 11.6. The molecular weight excluding hydrogens is 408 g/mol. The fourth-order valence-corrected chi connectivity index (χ4v) is 5.22. The SMILES string of the molecule is COc1ccc(-c2csc3ncnc(NC[C@H](c4ccco4)N4CCCCC4)c23)cc1. The average Bonchev–Trinajstić information content (AvgIpc) is 3.51. The maximum absolute atomic E-state index is 5.80. The van der Waals surface area contributed by atoms with Gasteiger partial charge in [-0.2, -0.15) is 0 Å². The molecule has 0 amide bonds. The lowest BCUT2D eigenvalue weighted by Gasteiger charge is -2.33. The van der Waals surface area contributed by atoms with Crippen LogP contribution >= 0.6 is 11.3 Å². The first-order valence-electron chi connectivity index (χ1n) is 10.7. The number of hydrogen-bond acceptors (Lipinski definition) is 7. The van der Waals surface area contributed by atoms with Crippen molar-refractivity contribution in [2.75, 3.05) is 32.1 Å². The highest BCUT2D eigenvalue weighted by Crippen LogP contribution is 2.37. The topological polar surface area (TPSA) is 63.4 Å². The normalized spacial score (nSPS) is 15.8. The Morgan fingerprint density at radius 2 is 1.97 bits per heavy atom. The van der Waals surface area contributed by atoms with Gasteiger partial charge in [-0.1, -0.05) is 18.6 Å². The van der Waals surface area contributed by atoms with Crippen LogP contribution in [0.2, 0.25) is 0 Å². The van der Waals surface area contributed by atoms with E-state index in [0.29, 0.717) is 0 Å². The van der Waals surface area contributed by atoms with Crippen molar-refractivity contribution in [2.24, 2.45) is 0 Å². The number of anilines is 1. The number of fused-ring (bicyclic) bond motifs is 1. The smallest absolute Gasteiger partial charge is 0.138 e. The summed E-state index contributed by atoms with van der Waals surface area (Å²) < 4.78 is 11.1. The van der Waals surface area contributed by atoms with Crippen LogP contribution in [-0.4, -0.2) is 41.6 Å². The number of thiophene rings is 1. The number of furan rings is 1. The Bertz CT molecular complexity index is 1120. The van der Waals surface area contributed by atoms with E-state index in [-0.39, 0.29) is 6.04 Å². The van der Waals surface area contributed by atoms with E-state index < -0.39 is 0 Å². The summed E-state index contributed by atoms with van der Waals surface area (Å²) in [5, 5.41) is 6.84. The Labute approximate surface area is 185 Å². The van der Waals surface area contributed by atoms with Gasteiger partial charge in [0.2, 0.25) is 0 Å². The van der Waals surface area contributed by atoms with Crippen molar-refractivity contribution < 1.29 is 9.15 Å². The van der Waals surface area contributed by atoms with E-state index in [4.69, 9.17) is 9.15 Å². The van der Waals surface area contributed by atoms with E-state index >= 15 is 0 Å². The zero-order valence-corrected chi connectivity index (χ0v) is 18.4. The molecule has 1 aliphatic rings. The number of ether oxygens (including phenoxy) is 1. The number of hydrogen-bond donors (Lipinski definition) is 1. The standard InChI is InChI=1S/C24H26N4O2S/c1-29-18-9-7-17(8-10-18)19-15-31-24-22(19)23(26-16-27-24)25-14-20(21-6-5-13-30-21)28-11-3-2-4-12-28/h5-10,13,15-16,20H,2-4,11-12,14H2,1H3,(H,25,26,27)/t20-/m1/s1. The number of rotatable bonds is 7. The molecule has 1 N–H and O–H groups in total. The number of benzene rings is 1. The number of methoxy groups -OCH3 is 1. The minimum absolute atomic E-state index is 0.184. The number of likely N-dealkylation sites (tertiary alicyclic amines) is 1.